The van der Waals surface area contributed by atoms with Crippen molar-refractivity contribution >= 4 is 5.69 Å². The van der Waals surface area contributed by atoms with Gasteiger partial charge in [0.25, 0.3) is 0 Å². The van der Waals surface area contributed by atoms with Crippen LogP contribution in [0.3, 0.4) is 0 Å². The number of aromatic hydroxyl groups is 1. The van der Waals surface area contributed by atoms with E-state index in [2.05, 4.69) is 11.0 Å². The van der Waals surface area contributed by atoms with E-state index in [1.165, 1.54) is 12.8 Å². The van der Waals surface area contributed by atoms with Crippen molar-refractivity contribution < 1.29 is 9.84 Å². The van der Waals surface area contributed by atoms with Gasteiger partial charge in [0.15, 0.2) is 0 Å². The number of phenolic OH excluding ortho intramolecular Hbond substituents is 1. The first-order valence-electron chi connectivity index (χ1n) is 5.77. The summed E-state index contributed by atoms with van der Waals surface area (Å²) in [6, 6.07) is 6.19. The van der Waals surface area contributed by atoms with Crippen LogP contribution in [0.25, 0.3) is 0 Å². The molecule has 1 aromatic carbocycles. The maximum absolute atomic E-state index is 9.61. The summed E-state index contributed by atoms with van der Waals surface area (Å²) in [6.07, 6.45) is 2.37. The average Bonchev–Trinajstić information content (AvgIpc) is 2.65. The minimum Gasteiger partial charge on any atom is -0.508 e. The number of methoxy groups -OCH3 is 1. The Hall–Kier alpha value is -1.22. The Labute approximate surface area is 96.6 Å². The number of phenols is 1. The fraction of sp³-hybridized carbons (Fsp3) is 0.538. The molecule has 1 heterocycles. The van der Waals surface area contributed by atoms with E-state index >= 15 is 0 Å². The van der Waals surface area contributed by atoms with Crippen LogP contribution in [0.2, 0.25) is 0 Å². The van der Waals surface area contributed by atoms with Gasteiger partial charge in [-0.15, -0.1) is 0 Å². The highest BCUT2D eigenvalue weighted by molar-refractivity contribution is 5.54. The molecule has 0 saturated carbocycles. The molecule has 1 aliphatic rings. The highest BCUT2D eigenvalue weighted by Gasteiger charge is 2.24. The second kappa shape index (κ2) is 4.74. The van der Waals surface area contributed by atoms with Crippen LogP contribution in [0.5, 0.6) is 5.75 Å². The first-order valence-corrected chi connectivity index (χ1v) is 5.77. The highest BCUT2D eigenvalue weighted by Crippen LogP contribution is 2.29. The van der Waals surface area contributed by atoms with Crippen molar-refractivity contribution in [3.05, 3.63) is 23.8 Å². The SMILES string of the molecule is COCC1CCCN1c1cc(C)cc(O)c1. The molecule has 3 nitrogen and oxygen atoms in total. The second-order valence-corrected chi connectivity index (χ2v) is 4.47. The zero-order valence-electron chi connectivity index (χ0n) is 9.94. The van der Waals surface area contributed by atoms with Gasteiger partial charge >= 0.3 is 0 Å². The number of nitrogens with zero attached hydrogens (tertiary/aromatic N) is 1. The first-order chi connectivity index (χ1) is 7.70. The summed E-state index contributed by atoms with van der Waals surface area (Å²) in [5.74, 6) is 0.345. The van der Waals surface area contributed by atoms with E-state index in [9.17, 15) is 5.11 Å². The van der Waals surface area contributed by atoms with Crippen molar-refractivity contribution in [2.45, 2.75) is 25.8 Å². The van der Waals surface area contributed by atoms with E-state index in [1.54, 1.807) is 13.2 Å². The number of hydrogen-bond donors (Lipinski definition) is 1. The summed E-state index contributed by atoms with van der Waals surface area (Å²) in [6.45, 7) is 3.82. The van der Waals surface area contributed by atoms with Gasteiger partial charge < -0.3 is 14.7 Å². The molecule has 0 amide bonds. The van der Waals surface area contributed by atoms with Gasteiger partial charge in [-0.05, 0) is 37.5 Å². The lowest BCUT2D eigenvalue weighted by molar-refractivity contribution is 0.181. The summed E-state index contributed by atoms with van der Waals surface area (Å²) in [5.41, 5.74) is 2.20. The lowest BCUT2D eigenvalue weighted by Gasteiger charge is -2.26. The van der Waals surface area contributed by atoms with Crippen LogP contribution >= 0.6 is 0 Å². The third-order valence-corrected chi connectivity index (χ3v) is 3.11. The Morgan fingerprint density at radius 3 is 2.94 bits per heavy atom. The number of rotatable bonds is 3. The molecule has 1 aliphatic heterocycles. The average molecular weight is 221 g/mol. The van der Waals surface area contributed by atoms with Crippen molar-refractivity contribution in [1.29, 1.82) is 0 Å². The van der Waals surface area contributed by atoms with E-state index in [0.717, 1.165) is 24.4 Å². The van der Waals surface area contributed by atoms with Gasteiger partial charge in [-0.25, -0.2) is 0 Å². The Balaban J connectivity index is 2.21. The lowest BCUT2D eigenvalue weighted by Crippen LogP contribution is -2.32. The third kappa shape index (κ3) is 2.30. The molecular weight excluding hydrogens is 202 g/mol. The molecule has 1 unspecified atom stereocenters. The van der Waals surface area contributed by atoms with Crippen LogP contribution in [0, 0.1) is 6.92 Å². The van der Waals surface area contributed by atoms with Crippen molar-refractivity contribution in [2.24, 2.45) is 0 Å². The molecular formula is C13H19NO2. The van der Waals surface area contributed by atoms with Crippen LogP contribution in [-0.2, 0) is 4.74 Å². The summed E-state index contributed by atoms with van der Waals surface area (Å²) in [5, 5.41) is 9.61. The van der Waals surface area contributed by atoms with Crippen molar-refractivity contribution in [3.8, 4) is 5.75 Å². The number of benzene rings is 1. The topological polar surface area (TPSA) is 32.7 Å². The van der Waals surface area contributed by atoms with Crippen LogP contribution in [0.4, 0.5) is 5.69 Å². The second-order valence-electron chi connectivity index (χ2n) is 4.47. The van der Waals surface area contributed by atoms with E-state index in [0.29, 0.717) is 11.8 Å². The normalized spacial score (nSPS) is 20.4. The molecule has 0 bridgehead atoms. The first kappa shape index (κ1) is 11.3. The molecule has 1 N–H and O–H groups in total. The van der Waals surface area contributed by atoms with Gasteiger partial charge in [0.2, 0.25) is 0 Å². The molecule has 2 rings (SSSR count). The number of aryl methyl sites for hydroxylation is 1. The smallest absolute Gasteiger partial charge is 0.117 e. The van der Waals surface area contributed by atoms with E-state index in [-0.39, 0.29) is 0 Å². The maximum Gasteiger partial charge on any atom is 0.117 e. The largest absolute Gasteiger partial charge is 0.508 e. The van der Waals surface area contributed by atoms with Gasteiger partial charge in [-0.3, -0.25) is 0 Å². The molecule has 0 radical (unpaired) electrons. The molecule has 0 aromatic heterocycles. The van der Waals surface area contributed by atoms with E-state index < -0.39 is 0 Å². The van der Waals surface area contributed by atoms with Gasteiger partial charge in [0.05, 0.1) is 12.6 Å². The standard InChI is InChI=1S/C13H19NO2/c1-10-6-12(8-13(15)7-10)14-5-3-4-11(14)9-16-2/h6-8,11,15H,3-5,9H2,1-2H3. The molecule has 0 aliphatic carbocycles. The van der Waals surface area contributed by atoms with Gasteiger partial charge in [-0.2, -0.15) is 0 Å². The van der Waals surface area contributed by atoms with Crippen LogP contribution < -0.4 is 4.90 Å². The molecule has 16 heavy (non-hydrogen) atoms. The van der Waals surface area contributed by atoms with Gasteiger partial charge in [0.1, 0.15) is 5.75 Å². The Bertz CT molecular complexity index is 345. The molecule has 0 spiro atoms. The van der Waals surface area contributed by atoms with Crippen molar-refractivity contribution in [1.82, 2.24) is 0 Å². The fourth-order valence-corrected chi connectivity index (χ4v) is 2.45. The molecule has 1 fully saturated rings. The van der Waals surface area contributed by atoms with Crippen molar-refractivity contribution in [3.63, 3.8) is 0 Å². The summed E-state index contributed by atoms with van der Waals surface area (Å²) in [7, 11) is 1.74. The van der Waals surface area contributed by atoms with Gasteiger partial charge in [0, 0.05) is 25.4 Å². The Morgan fingerprint density at radius 2 is 2.25 bits per heavy atom. The van der Waals surface area contributed by atoms with E-state index in [1.807, 2.05) is 13.0 Å². The highest BCUT2D eigenvalue weighted by atomic mass is 16.5. The Morgan fingerprint density at radius 1 is 1.44 bits per heavy atom. The van der Waals surface area contributed by atoms with E-state index in [4.69, 9.17) is 4.74 Å². The summed E-state index contributed by atoms with van der Waals surface area (Å²) >= 11 is 0. The Kier molecular flexibility index (Phi) is 3.34. The quantitative estimate of drug-likeness (QED) is 0.850. The molecule has 1 saturated heterocycles. The minimum absolute atomic E-state index is 0.345. The summed E-state index contributed by atoms with van der Waals surface area (Å²) < 4.78 is 5.23. The van der Waals surface area contributed by atoms with Crippen LogP contribution in [0.1, 0.15) is 18.4 Å². The summed E-state index contributed by atoms with van der Waals surface area (Å²) in [4.78, 5) is 2.33. The van der Waals surface area contributed by atoms with Crippen molar-refractivity contribution in [2.75, 3.05) is 25.2 Å². The zero-order valence-corrected chi connectivity index (χ0v) is 9.94. The number of hydrogen-bond acceptors (Lipinski definition) is 3. The predicted molar refractivity (Wildman–Crippen MR) is 65.1 cm³/mol. The number of anilines is 1. The minimum atomic E-state index is 0.345. The monoisotopic (exact) mass is 221 g/mol. The maximum atomic E-state index is 9.61. The molecule has 1 atom stereocenters. The molecule has 1 aromatic rings. The fourth-order valence-electron chi connectivity index (χ4n) is 2.45. The predicted octanol–water partition coefficient (Wildman–Crippen LogP) is 2.32. The van der Waals surface area contributed by atoms with Crippen LogP contribution in [-0.4, -0.2) is 31.4 Å². The third-order valence-electron chi connectivity index (χ3n) is 3.11. The van der Waals surface area contributed by atoms with Gasteiger partial charge in [-0.1, -0.05) is 0 Å². The molecule has 3 heteroatoms. The zero-order chi connectivity index (χ0) is 11.5. The van der Waals surface area contributed by atoms with Crippen LogP contribution in [0.15, 0.2) is 18.2 Å². The lowest BCUT2D eigenvalue weighted by atomic mass is 10.1. The molecule has 88 valence electrons. The number of ether oxygens (including phenoxy) is 1.